The van der Waals surface area contributed by atoms with Crippen LogP contribution in [0.15, 0.2) is 18.2 Å². The second kappa shape index (κ2) is 7.76. The lowest BCUT2D eigenvalue weighted by molar-refractivity contribution is -0.127. The number of H-pyrrole nitrogens is 1. The maximum atomic E-state index is 12.6. The second-order valence-corrected chi connectivity index (χ2v) is 7.55. The Morgan fingerprint density at radius 3 is 2.81 bits per heavy atom. The Kier molecular flexibility index (Phi) is 5.22. The topological polar surface area (TPSA) is 70.2 Å². The fraction of sp³-hybridized carbons (Fsp3) is 0.600. The lowest BCUT2D eigenvalue weighted by Crippen LogP contribution is -2.46. The maximum absolute atomic E-state index is 12.6. The van der Waals surface area contributed by atoms with Gasteiger partial charge in [0.1, 0.15) is 5.82 Å². The molecule has 2 aliphatic heterocycles. The summed E-state index contributed by atoms with van der Waals surface area (Å²) in [6.07, 6.45) is 4.18. The Morgan fingerprint density at radius 2 is 2.04 bits per heavy atom. The number of hydrogen-bond donors (Lipinski definition) is 2. The van der Waals surface area contributed by atoms with E-state index in [-0.39, 0.29) is 11.8 Å². The van der Waals surface area contributed by atoms with Crippen molar-refractivity contribution in [3.05, 3.63) is 29.6 Å². The number of aromatic nitrogens is 2. The van der Waals surface area contributed by atoms with Crippen LogP contribution in [0.25, 0.3) is 11.0 Å². The first kappa shape index (κ1) is 17.5. The normalized spacial score (nSPS) is 20.5. The molecule has 2 aromatic rings. The Labute approximate surface area is 154 Å². The van der Waals surface area contributed by atoms with E-state index in [1.54, 1.807) is 0 Å². The minimum absolute atomic E-state index is 0.143. The molecule has 140 valence electrons. The third-order valence-electron chi connectivity index (χ3n) is 5.74. The Bertz CT molecular complexity index is 758. The zero-order valence-electron chi connectivity index (χ0n) is 15.5. The third kappa shape index (κ3) is 3.91. The van der Waals surface area contributed by atoms with Crippen LogP contribution in [0.5, 0.6) is 0 Å². The molecule has 6 heteroatoms. The van der Waals surface area contributed by atoms with Crippen molar-refractivity contribution >= 4 is 16.9 Å². The van der Waals surface area contributed by atoms with Crippen molar-refractivity contribution in [3.63, 3.8) is 0 Å². The SMILES string of the molecule is Cc1nc2ccc(CNC(=O)C3CCN(C4CCOCC4)CC3)cc2[nH]1. The molecule has 0 aliphatic carbocycles. The average molecular weight is 356 g/mol. The van der Waals surface area contributed by atoms with Crippen LogP contribution in [0.2, 0.25) is 0 Å². The molecule has 1 aromatic heterocycles. The van der Waals surface area contributed by atoms with Crippen molar-refractivity contribution < 1.29 is 9.53 Å². The summed E-state index contributed by atoms with van der Waals surface area (Å²) in [5, 5.41) is 3.12. The van der Waals surface area contributed by atoms with E-state index < -0.39 is 0 Å². The van der Waals surface area contributed by atoms with Gasteiger partial charge in [-0.1, -0.05) is 6.07 Å². The van der Waals surface area contributed by atoms with E-state index >= 15 is 0 Å². The van der Waals surface area contributed by atoms with Gasteiger partial charge in [0.15, 0.2) is 0 Å². The van der Waals surface area contributed by atoms with Crippen LogP contribution in [-0.2, 0) is 16.1 Å². The summed E-state index contributed by atoms with van der Waals surface area (Å²) in [6.45, 7) is 6.35. The predicted octanol–water partition coefficient (Wildman–Crippen LogP) is 2.38. The standard InChI is InChI=1S/C20H28N4O2/c1-14-22-18-3-2-15(12-19(18)23-14)13-21-20(25)16-4-8-24(9-5-16)17-6-10-26-11-7-17/h2-3,12,16-17H,4-11,13H2,1H3,(H,21,25)(H,22,23). The van der Waals surface area contributed by atoms with Crippen LogP contribution in [-0.4, -0.2) is 53.1 Å². The van der Waals surface area contributed by atoms with Gasteiger partial charge in [0.25, 0.3) is 0 Å². The van der Waals surface area contributed by atoms with Crippen LogP contribution < -0.4 is 5.32 Å². The number of nitrogens with zero attached hydrogens (tertiary/aromatic N) is 2. The van der Waals surface area contributed by atoms with E-state index in [1.807, 2.05) is 19.1 Å². The summed E-state index contributed by atoms with van der Waals surface area (Å²) in [5.41, 5.74) is 3.10. The van der Waals surface area contributed by atoms with Gasteiger partial charge in [-0.05, 0) is 63.4 Å². The van der Waals surface area contributed by atoms with E-state index in [2.05, 4.69) is 26.3 Å². The van der Waals surface area contributed by atoms with Crippen LogP contribution in [0, 0.1) is 12.8 Å². The van der Waals surface area contributed by atoms with Gasteiger partial charge < -0.3 is 19.9 Å². The monoisotopic (exact) mass is 356 g/mol. The molecule has 6 nitrogen and oxygen atoms in total. The van der Waals surface area contributed by atoms with Gasteiger partial charge in [-0.25, -0.2) is 4.98 Å². The van der Waals surface area contributed by atoms with Crippen molar-refractivity contribution in [2.24, 2.45) is 5.92 Å². The first-order valence-electron chi connectivity index (χ1n) is 9.74. The number of ether oxygens (including phenoxy) is 1. The number of imidazole rings is 1. The zero-order valence-corrected chi connectivity index (χ0v) is 15.5. The van der Waals surface area contributed by atoms with Gasteiger partial charge in [-0.2, -0.15) is 0 Å². The number of carbonyl (C=O) groups excluding carboxylic acids is 1. The van der Waals surface area contributed by atoms with Crippen LogP contribution in [0.1, 0.15) is 37.1 Å². The number of nitrogens with one attached hydrogen (secondary N) is 2. The van der Waals surface area contributed by atoms with Crippen LogP contribution in [0.4, 0.5) is 0 Å². The molecule has 0 unspecified atom stereocenters. The van der Waals surface area contributed by atoms with E-state index in [0.717, 1.165) is 74.4 Å². The molecule has 2 aliphatic rings. The third-order valence-corrected chi connectivity index (χ3v) is 5.74. The fourth-order valence-corrected chi connectivity index (χ4v) is 4.20. The van der Waals surface area contributed by atoms with Crippen molar-refractivity contribution in [1.29, 1.82) is 0 Å². The van der Waals surface area contributed by atoms with Crippen molar-refractivity contribution in [2.45, 2.75) is 45.2 Å². The summed E-state index contributed by atoms with van der Waals surface area (Å²) >= 11 is 0. The molecule has 2 saturated heterocycles. The van der Waals surface area contributed by atoms with E-state index in [4.69, 9.17) is 4.74 Å². The highest BCUT2D eigenvalue weighted by Gasteiger charge is 2.29. The molecule has 0 saturated carbocycles. The highest BCUT2D eigenvalue weighted by molar-refractivity contribution is 5.79. The molecule has 0 bridgehead atoms. The van der Waals surface area contributed by atoms with Gasteiger partial charge in [-0.3, -0.25) is 4.79 Å². The number of benzene rings is 1. The number of amides is 1. The molecule has 1 aromatic carbocycles. The van der Waals surface area contributed by atoms with E-state index in [0.29, 0.717) is 12.6 Å². The Hall–Kier alpha value is -1.92. The number of hydrogen-bond acceptors (Lipinski definition) is 4. The summed E-state index contributed by atoms with van der Waals surface area (Å²) in [7, 11) is 0. The van der Waals surface area contributed by atoms with Crippen LogP contribution in [0.3, 0.4) is 0 Å². The lowest BCUT2D eigenvalue weighted by Gasteiger charge is -2.38. The molecule has 2 fully saturated rings. The quantitative estimate of drug-likeness (QED) is 0.882. The van der Waals surface area contributed by atoms with Crippen molar-refractivity contribution in [2.75, 3.05) is 26.3 Å². The minimum Gasteiger partial charge on any atom is -0.381 e. The van der Waals surface area contributed by atoms with Gasteiger partial charge in [0, 0.05) is 31.7 Å². The fourth-order valence-electron chi connectivity index (χ4n) is 4.20. The highest BCUT2D eigenvalue weighted by atomic mass is 16.5. The number of rotatable bonds is 4. The largest absolute Gasteiger partial charge is 0.381 e. The minimum atomic E-state index is 0.143. The van der Waals surface area contributed by atoms with Gasteiger partial charge in [0.05, 0.1) is 11.0 Å². The molecule has 0 atom stereocenters. The van der Waals surface area contributed by atoms with E-state index in [1.165, 1.54) is 0 Å². The molecule has 4 rings (SSSR count). The Morgan fingerprint density at radius 1 is 1.27 bits per heavy atom. The maximum Gasteiger partial charge on any atom is 0.223 e. The molecule has 2 N–H and O–H groups in total. The van der Waals surface area contributed by atoms with Gasteiger partial charge >= 0.3 is 0 Å². The predicted molar refractivity (Wildman–Crippen MR) is 101 cm³/mol. The summed E-state index contributed by atoms with van der Waals surface area (Å²) in [4.78, 5) is 22.8. The number of piperidine rings is 1. The van der Waals surface area contributed by atoms with E-state index in [9.17, 15) is 4.79 Å². The number of aryl methyl sites for hydroxylation is 1. The molecule has 0 spiro atoms. The molecule has 26 heavy (non-hydrogen) atoms. The number of likely N-dealkylation sites (tertiary alicyclic amines) is 1. The van der Waals surface area contributed by atoms with Gasteiger partial charge in [0.2, 0.25) is 5.91 Å². The van der Waals surface area contributed by atoms with Crippen LogP contribution >= 0.6 is 0 Å². The molecule has 3 heterocycles. The lowest BCUT2D eigenvalue weighted by atomic mass is 9.93. The summed E-state index contributed by atoms with van der Waals surface area (Å²) in [6, 6.07) is 6.77. The second-order valence-electron chi connectivity index (χ2n) is 7.55. The Balaban J connectivity index is 1.27. The number of fused-ring (bicyclic) bond motifs is 1. The van der Waals surface area contributed by atoms with Crippen molar-refractivity contribution in [3.8, 4) is 0 Å². The first-order valence-corrected chi connectivity index (χ1v) is 9.74. The number of carbonyl (C=O) groups is 1. The van der Waals surface area contributed by atoms with Crippen molar-refractivity contribution in [1.82, 2.24) is 20.2 Å². The molecular weight excluding hydrogens is 328 g/mol. The molecular formula is C20H28N4O2. The zero-order chi connectivity index (χ0) is 17.9. The summed E-state index contributed by atoms with van der Waals surface area (Å²) < 4.78 is 5.46. The summed E-state index contributed by atoms with van der Waals surface area (Å²) in [5.74, 6) is 1.25. The average Bonchev–Trinajstić information content (AvgIpc) is 3.06. The smallest absolute Gasteiger partial charge is 0.223 e. The molecule has 0 radical (unpaired) electrons. The number of aromatic amines is 1. The molecule has 1 amide bonds. The van der Waals surface area contributed by atoms with Gasteiger partial charge in [-0.15, -0.1) is 0 Å². The first-order chi connectivity index (χ1) is 12.7. The highest BCUT2D eigenvalue weighted by Crippen LogP contribution is 2.23.